The van der Waals surface area contributed by atoms with Crippen LogP contribution in [0.4, 0.5) is 4.39 Å². The number of nitrogens with one attached hydrogen (secondary N) is 1. The third kappa shape index (κ3) is 4.58. The van der Waals surface area contributed by atoms with Crippen LogP contribution >= 0.6 is 11.6 Å². The Hall–Kier alpha value is -2.87. The number of aromatic amines is 1. The average Bonchev–Trinajstić information content (AvgIpc) is 3.10. The number of hydrogen-bond donors (Lipinski definition) is 1. The fourth-order valence-corrected chi connectivity index (χ4v) is 4.01. The maximum absolute atomic E-state index is 14.0. The summed E-state index contributed by atoms with van der Waals surface area (Å²) in [5.41, 5.74) is 1.93. The minimum absolute atomic E-state index is 0.0831. The zero-order valence-electron chi connectivity index (χ0n) is 17.8. The van der Waals surface area contributed by atoms with Crippen LogP contribution in [0.15, 0.2) is 18.2 Å². The topological polar surface area (TPSA) is 82.7 Å². The molecule has 0 saturated carbocycles. The summed E-state index contributed by atoms with van der Waals surface area (Å²) in [7, 11) is 1.31. The van der Waals surface area contributed by atoms with E-state index in [0.717, 1.165) is 12.5 Å². The van der Waals surface area contributed by atoms with E-state index in [1.807, 2.05) is 6.92 Å². The molecular weight excluding hydrogens is 425 g/mol. The molecule has 0 radical (unpaired) electrons. The summed E-state index contributed by atoms with van der Waals surface area (Å²) >= 11 is 5.89. The molecule has 3 rings (SSSR count). The van der Waals surface area contributed by atoms with Crippen LogP contribution in [0, 0.1) is 12.7 Å². The highest BCUT2D eigenvalue weighted by Gasteiger charge is 2.31. The minimum atomic E-state index is -0.630. The third-order valence-corrected chi connectivity index (χ3v) is 5.64. The summed E-state index contributed by atoms with van der Waals surface area (Å²) in [4.78, 5) is 44.2. The Morgan fingerprint density at radius 1 is 1.13 bits per heavy atom. The summed E-state index contributed by atoms with van der Waals surface area (Å²) in [6.45, 7) is 4.83. The molecule has 0 bridgehead atoms. The summed E-state index contributed by atoms with van der Waals surface area (Å²) in [6, 6.07) is 3.86. The van der Waals surface area contributed by atoms with Gasteiger partial charge in [-0.2, -0.15) is 0 Å². The number of aromatic nitrogens is 1. The molecule has 1 saturated heterocycles. The van der Waals surface area contributed by atoms with E-state index in [4.69, 9.17) is 16.3 Å². The van der Waals surface area contributed by atoms with E-state index in [0.29, 0.717) is 42.0 Å². The number of nitrogens with zero attached hydrogens (tertiary/aromatic N) is 2. The van der Waals surface area contributed by atoms with Crippen LogP contribution in [-0.4, -0.2) is 65.9 Å². The number of rotatable bonds is 5. The van der Waals surface area contributed by atoms with Crippen molar-refractivity contribution in [1.29, 1.82) is 0 Å². The lowest BCUT2D eigenvalue weighted by Gasteiger charge is -2.35. The Bertz CT molecular complexity index is 1010. The lowest BCUT2D eigenvalue weighted by Crippen LogP contribution is -2.51. The van der Waals surface area contributed by atoms with Crippen molar-refractivity contribution in [2.45, 2.75) is 26.7 Å². The summed E-state index contributed by atoms with van der Waals surface area (Å²) in [6.07, 6.45) is 1.32. The normalized spacial score (nSPS) is 14.0. The molecule has 31 heavy (non-hydrogen) atoms. The Labute approximate surface area is 185 Å². The number of halogens is 2. The van der Waals surface area contributed by atoms with E-state index in [1.54, 1.807) is 11.8 Å². The fraction of sp³-hybridized carbons (Fsp3) is 0.409. The minimum Gasteiger partial charge on any atom is -0.465 e. The molecule has 0 aliphatic carbocycles. The number of carbonyl (C=O) groups is 3. The first-order chi connectivity index (χ1) is 14.8. The molecule has 7 nitrogen and oxygen atoms in total. The van der Waals surface area contributed by atoms with Gasteiger partial charge in [-0.05, 0) is 37.1 Å². The van der Waals surface area contributed by atoms with Gasteiger partial charge >= 0.3 is 5.97 Å². The van der Waals surface area contributed by atoms with Crippen molar-refractivity contribution in [2.75, 3.05) is 33.3 Å². The molecule has 9 heteroatoms. The Balaban J connectivity index is 1.75. The number of amides is 2. The number of piperazine rings is 1. The lowest BCUT2D eigenvalue weighted by atomic mass is 10.0. The first-order valence-corrected chi connectivity index (χ1v) is 10.5. The number of methoxy groups -OCH3 is 1. The summed E-state index contributed by atoms with van der Waals surface area (Å²) < 4.78 is 18.9. The van der Waals surface area contributed by atoms with Crippen LogP contribution < -0.4 is 0 Å². The SMILES string of the molecule is CCCc1c(C(=O)N2CCN(C(=O)c3cc(Cl)ccc3F)CC2)[nH]c(C)c1C(=O)OC. The molecule has 166 valence electrons. The van der Waals surface area contributed by atoms with Gasteiger partial charge in [-0.15, -0.1) is 0 Å². The van der Waals surface area contributed by atoms with Crippen molar-refractivity contribution in [1.82, 2.24) is 14.8 Å². The first-order valence-electron chi connectivity index (χ1n) is 10.1. The smallest absolute Gasteiger partial charge is 0.339 e. The number of esters is 1. The predicted octanol–water partition coefficient (Wildman–Crippen LogP) is 3.45. The Morgan fingerprint density at radius 2 is 1.74 bits per heavy atom. The van der Waals surface area contributed by atoms with Crippen molar-refractivity contribution in [3.63, 3.8) is 0 Å². The van der Waals surface area contributed by atoms with Gasteiger partial charge in [0.05, 0.1) is 18.2 Å². The third-order valence-electron chi connectivity index (χ3n) is 5.41. The van der Waals surface area contributed by atoms with E-state index < -0.39 is 17.7 Å². The van der Waals surface area contributed by atoms with Crippen molar-refractivity contribution in [3.05, 3.63) is 57.1 Å². The number of carbonyl (C=O) groups excluding carboxylic acids is 3. The molecule has 1 aliphatic rings. The highest BCUT2D eigenvalue weighted by atomic mass is 35.5. The molecule has 1 N–H and O–H groups in total. The number of benzene rings is 1. The second kappa shape index (κ2) is 9.51. The molecular formula is C22H25ClFN3O4. The van der Waals surface area contributed by atoms with E-state index in [9.17, 15) is 18.8 Å². The monoisotopic (exact) mass is 449 g/mol. The van der Waals surface area contributed by atoms with Gasteiger partial charge in [0.1, 0.15) is 11.5 Å². The predicted molar refractivity (Wildman–Crippen MR) is 114 cm³/mol. The van der Waals surface area contributed by atoms with Crippen LogP contribution in [0.5, 0.6) is 0 Å². The standard InChI is InChI=1S/C22H25ClFN3O4/c1-4-5-15-18(22(30)31-3)13(2)25-19(15)21(29)27-10-8-26(9-11-27)20(28)16-12-14(23)6-7-17(16)24/h6-7,12,25H,4-5,8-11H2,1-3H3. The van der Waals surface area contributed by atoms with E-state index in [1.165, 1.54) is 24.1 Å². The van der Waals surface area contributed by atoms with Crippen LogP contribution in [0.25, 0.3) is 0 Å². The highest BCUT2D eigenvalue weighted by Crippen LogP contribution is 2.24. The quantitative estimate of drug-likeness (QED) is 0.709. The molecule has 2 aromatic rings. The molecule has 2 heterocycles. The van der Waals surface area contributed by atoms with Gasteiger partial charge < -0.3 is 19.5 Å². The molecule has 0 spiro atoms. The van der Waals surface area contributed by atoms with Crippen LogP contribution in [0.3, 0.4) is 0 Å². The molecule has 1 fully saturated rings. The van der Waals surface area contributed by atoms with Gasteiger partial charge in [-0.3, -0.25) is 9.59 Å². The lowest BCUT2D eigenvalue weighted by molar-refractivity contribution is 0.0529. The molecule has 2 amide bonds. The van der Waals surface area contributed by atoms with Crippen molar-refractivity contribution >= 4 is 29.4 Å². The van der Waals surface area contributed by atoms with Gasteiger partial charge in [-0.1, -0.05) is 24.9 Å². The summed E-state index contributed by atoms with van der Waals surface area (Å²) in [5, 5.41) is 0.283. The summed E-state index contributed by atoms with van der Waals surface area (Å²) in [5.74, 6) is -1.80. The number of H-pyrrole nitrogens is 1. The first kappa shape index (κ1) is 22.8. The van der Waals surface area contributed by atoms with Crippen LogP contribution in [0.2, 0.25) is 5.02 Å². The van der Waals surface area contributed by atoms with E-state index >= 15 is 0 Å². The molecule has 0 atom stereocenters. The number of ether oxygens (including phenoxy) is 1. The van der Waals surface area contributed by atoms with Gasteiger partial charge in [-0.25, -0.2) is 9.18 Å². The van der Waals surface area contributed by atoms with Crippen molar-refractivity contribution < 1.29 is 23.5 Å². The van der Waals surface area contributed by atoms with Gasteiger partial charge in [0, 0.05) is 36.9 Å². The van der Waals surface area contributed by atoms with Crippen LogP contribution in [0.1, 0.15) is 55.8 Å². The molecule has 1 aromatic heterocycles. The fourth-order valence-electron chi connectivity index (χ4n) is 3.84. The maximum atomic E-state index is 14.0. The largest absolute Gasteiger partial charge is 0.465 e. The second-order valence-corrected chi connectivity index (χ2v) is 7.87. The highest BCUT2D eigenvalue weighted by molar-refractivity contribution is 6.31. The van der Waals surface area contributed by atoms with Crippen molar-refractivity contribution in [2.24, 2.45) is 0 Å². The van der Waals surface area contributed by atoms with Crippen LogP contribution in [-0.2, 0) is 11.2 Å². The molecule has 0 unspecified atom stereocenters. The molecule has 1 aromatic carbocycles. The number of aryl methyl sites for hydroxylation is 1. The van der Waals surface area contributed by atoms with Gasteiger partial charge in [0.25, 0.3) is 11.8 Å². The Morgan fingerprint density at radius 3 is 2.32 bits per heavy atom. The van der Waals surface area contributed by atoms with E-state index in [2.05, 4.69) is 4.98 Å². The van der Waals surface area contributed by atoms with Gasteiger partial charge in [0.2, 0.25) is 0 Å². The average molecular weight is 450 g/mol. The zero-order valence-corrected chi connectivity index (χ0v) is 18.5. The molecule has 1 aliphatic heterocycles. The zero-order chi connectivity index (χ0) is 22.7. The second-order valence-electron chi connectivity index (χ2n) is 7.43. The van der Waals surface area contributed by atoms with Crippen molar-refractivity contribution in [3.8, 4) is 0 Å². The van der Waals surface area contributed by atoms with Gasteiger partial charge in [0.15, 0.2) is 0 Å². The number of hydrogen-bond acceptors (Lipinski definition) is 4. The maximum Gasteiger partial charge on any atom is 0.339 e. The van der Waals surface area contributed by atoms with E-state index in [-0.39, 0.29) is 29.6 Å². The Kier molecular flexibility index (Phi) is 7.00.